The molecule has 0 aliphatic carbocycles. The van der Waals surface area contributed by atoms with E-state index in [9.17, 15) is 35.1 Å². The summed E-state index contributed by atoms with van der Waals surface area (Å²) in [4.78, 5) is 26.7. The van der Waals surface area contributed by atoms with Crippen LogP contribution in [-0.4, -0.2) is 99.6 Å². The fourth-order valence-electron chi connectivity index (χ4n) is 11.4. The molecular weight excluding hydrogens is 1110 g/mol. The predicted octanol–water partition coefficient (Wildman–Crippen LogP) is 19.6. The van der Waals surface area contributed by atoms with Crippen LogP contribution >= 0.6 is 0 Å². The second-order valence-corrected chi connectivity index (χ2v) is 25.7. The molecular formula is C78H139NO10. The maximum absolute atomic E-state index is 13.5. The first kappa shape index (κ1) is 83.9. The van der Waals surface area contributed by atoms with Gasteiger partial charge in [0, 0.05) is 6.42 Å². The summed E-state index contributed by atoms with van der Waals surface area (Å²) >= 11 is 0. The van der Waals surface area contributed by atoms with Crippen molar-refractivity contribution >= 4 is 11.9 Å². The van der Waals surface area contributed by atoms with E-state index in [-0.39, 0.29) is 19.4 Å². The Bertz CT molecular complexity index is 1780. The number of hydrogen-bond acceptors (Lipinski definition) is 10. The van der Waals surface area contributed by atoms with Crippen molar-refractivity contribution in [2.24, 2.45) is 0 Å². The first-order chi connectivity index (χ1) is 43.7. The number of nitrogens with one attached hydrogen (secondary N) is 1. The van der Waals surface area contributed by atoms with Crippen molar-refractivity contribution in [3.63, 3.8) is 0 Å². The van der Waals surface area contributed by atoms with Gasteiger partial charge in [0.2, 0.25) is 5.91 Å². The molecule has 1 saturated heterocycles. The highest BCUT2D eigenvalue weighted by Crippen LogP contribution is 2.26. The second-order valence-electron chi connectivity index (χ2n) is 25.7. The molecule has 0 aromatic carbocycles. The Morgan fingerprint density at radius 2 is 0.775 bits per heavy atom. The Morgan fingerprint density at radius 3 is 1.18 bits per heavy atom. The number of amides is 1. The molecule has 11 nitrogen and oxygen atoms in total. The van der Waals surface area contributed by atoms with Crippen LogP contribution in [0.15, 0.2) is 85.1 Å². The van der Waals surface area contributed by atoms with E-state index in [0.29, 0.717) is 12.8 Å². The number of carbonyl (C=O) groups excluding carboxylic acids is 2. The van der Waals surface area contributed by atoms with Gasteiger partial charge in [0.1, 0.15) is 24.4 Å². The van der Waals surface area contributed by atoms with E-state index in [1.54, 1.807) is 6.08 Å². The van der Waals surface area contributed by atoms with E-state index in [1.807, 2.05) is 6.08 Å². The molecule has 1 aliphatic rings. The number of hydrogen-bond donors (Lipinski definition) is 6. The minimum absolute atomic E-state index is 0.121. The molecule has 1 heterocycles. The largest absolute Gasteiger partial charge is 0.454 e. The zero-order valence-corrected chi connectivity index (χ0v) is 57.5. The van der Waals surface area contributed by atoms with E-state index in [2.05, 4.69) is 99.0 Å². The van der Waals surface area contributed by atoms with Crippen LogP contribution in [0.3, 0.4) is 0 Å². The highest BCUT2D eigenvalue weighted by molar-refractivity contribution is 5.80. The van der Waals surface area contributed by atoms with E-state index in [4.69, 9.17) is 14.2 Å². The average Bonchev–Trinajstić information content (AvgIpc) is 3.11. The van der Waals surface area contributed by atoms with Gasteiger partial charge in [0.15, 0.2) is 12.4 Å². The SMILES string of the molecule is CCCCC/C=C\C/C=C\C/C=C\C/C=C\CCCCCCCCC(O)C(=O)NC(COC1OC(CO)C(O)C(O)C1OC(=O)CCCCCCCCCCCCCCCCC/C=C\C/C=C\CCCCC)C(O)/C=C/CCCCCCCCCCCCC. The van der Waals surface area contributed by atoms with Gasteiger partial charge in [-0.1, -0.05) is 311 Å². The first-order valence-corrected chi connectivity index (χ1v) is 37.4. The van der Waals surface area contributed by atoms with Crippen molar-refractivity contribution in [2.45, 2.75) is 384 Å². The minimum atomic E-state index is -1.62. The molecule has 1 fully saturated rings. The van der Waals surface area contributed by atoms with Crippen molar-refractivity contribution in [2.75, 3.05) is 13.2 Å². The lowest BCUT2D eigenvalue weighted by molar-refractivity contribution is -0.305. The van der Waals surface area contributed by atoms with Crippen molar-refractivity contribution < 1.29 is 49.3 Å². The number of aliphatic hydroxyl groups is 5. The fraction of sp³-hybridized carbons (Fsp3) is 0.795. The third-order valence-corrected chi connectivity index (χ3v) is 17.3. The molecule has 516 valence electrons. The van der Waals surface area contributed by atoms with E-state index < -0.39 is 67.4 Å². The number of unbranched alkanes of at least 4 members (excludes halogenated alkanes) is 38. The molecule has 0 aromatic rings. The molecule has 1 aliphatic heterocycles. The lowest BCUT2D eigenvalue weighted by Gasteiger charge is -2.41. The van der Waals surface area contributed by atoms with Gasteiger partial charge in [-0.25, -0.2) is 0 Å². The Kier molecular flexibility index (Phi) is 61.2. The smallest absolute Gasteiger partial charge is 0.306 e. The predicted molar refractivity (Wildman–Crippen MR) is 375 cm³/mol. The Hall–Kier alpha value is -3.16. The highest BCUT2D eigenvalue weighted by atomic mass is 16.7. The molecule has 11 heteroatoms. The molecule has 0 radical (unpaired) electrons. The number of esters is 1. The van der Waals surface area contributed by atoms with Crippen LogP contribution in [0.2, 0.25) is 0 Å². The Labute approximate surface area is 546 Å². The van der Waals surface area contributed by atoms with Crippen LogP contribution in [0.5, 0.6) is 0 Å². The Balaban J connectivity index is 2.57. The standard InChI is InChI=1S/C78H139NO10/c1-4-7-10-13-16-19-22-25-27-29-31-33-35-36-37-39-41-43-45-48-51-54-57-60-63-66-73(83)89-76-75(85)74(84)72(67-80)88-78(76)87-68-69(70(81)64-61-58-55-52-49-46-24-21-18-15-12-9-6-3)79-77(86)71(82)65-62-59-56-53-50-47-44-42-40-38-34-32-30-28-26-23-20-17-14-11-8-5-2/h16-17,19-20,25-28,32,34,40,42,61,64,69-72,74-76,78,80-82,84-85H,4-15,18,21-24,29-31,33,35-39,41,43-60,62-63,65-68H2,1-3H3,(H,79,86)/b19-16-,20-17-,27-25-,28-26-,34-32-,42-40-,64-61+. The molecule has 8 atom stereocenters. The molecule has 6 N–H and O–H groups in total. The van der Waals surface area contributed by atoms with Crippen molar-refractivity contribution in [1.29, 1.82) is 0 Å². The van der Waals surface area contributed by atoms with Crippen molar-refractivity contribution in [3.8, 4) is 0 Å². The van der Waals surface area contributed by atoms with Crippen molar-refractivity contribution in [3.05, 3.63) is 85.1 Å². The quantitative estimate of drug-likeness (QED) is 0.0195. The van der Waals surface area contributed by atoms with Gasteiger partial charge in [-0.15, -0.1) is 0 Å². The number of carbonyl (C=O) groups is 2. The number of aliphatic hydroxyl groups excluding tert-OH is 5. The van der Waals surface area contributed by atoms with Gasteiger partial charge in [0.25, 0.3) is 0 Å². The lowest BCUT2D eigenvalue weighted by atomic mass is 9.99. The third-order valence-electron chi connectivity index (χ3n) is 17.3. The van der Waals surface area contributed by atoms with E-state index in [1.165, 1.54) is 186 Å². The zero-order chi connectivity index (χ0) is 64.6. The molecule has 1 amide bonds. The van der Waals surface area contributed by atoms with Crippen LogP contribution in [0.25, 0.3) is 0 Å². The average molecular weight is 1250 g/mol. The molecule has 89 heavy (non-hydrogen) atoms. The number of rotatable bonds is 64. The van der Waals surface area contributed by atoms with Crippen LogP contribution in [0.4, 0.5) is 0 Å². The van der Waals surface area contributed by atoms with E-state index >= 15 is 0 Å². The van der Waals surface area contributed by atoms with Crippen LogP contribution < -0.4 is 5.32 Å². The third kappa shape index (κ3) is 52.0. The van der Waals surface area contributed by atoms with Gasteiger partial charge in [0.05, 0.1) is 25.4 Å². The molecule has 8 unspecified atom stereocenters. The molecule has 0 spiro atoms. The summed E-state index contributed by atoms with van der Waals surface area (Å²) in [5.41, 5.74) is 0. The van der Waals surface area contributed by atoms with Gasteiger partial charge >= 0.3 is 5.97 Å². The van der Waals surface area contributed by atoms with Crippen LogP contribution in [0, 0.1) is 0 Å². The summed E-state index contributed by atoms with van der Waals surface area (Å²) in [5.74, 6) is -1.20. The van der Waals surface area contributed by atoms with E-state index in [0.717, 1.165) is 103 Å². The summed E-state index contributed by atoms with van der Waals surface area (Å²) in [6.45, 7) is 5.77. The zero-order valence-electron chi connectivity index (χ0n) is 57.5. The minimum Gasteiger partial charge on any atom is -0.454 e. The monoisotopic (exact) mass is 1250 g/mol. The number of allylic oxidation sites excluding steroid dienone is 13. The maximum atomic E-state index is 13.5. The maximum Gasteiger partial charge on any atom is 0.306 e. The fourth-order valence-corrected chi connectivity index (χ4v) is 11.4. The molecule has 1 rings (SSSR count). The lowest BCUT2D eigenvalue weighted by Crippen LogP contribution is -2.61. The van der Waals surface area contributed by atoms with Gasteiger partial charge in [-0.2, -0.15) is 0 Å². The van der Waals surface area contributed by atoms with Crippen LogP contribution in [0.1, 0.15) is 335 Å². The summed E-state index contributed by atoms with van der Waals surface area (Å²) in [6, 6.07) is -1.03. The topological polar surface area (TPSA) is 175 Å². The van der Waals surface area contributed by atoms with Gasteiger partial charge < -0.3 is 45.1 Å². The second kappa shape index (κ2) is 64.9. The summed E-state index contributed by atoms with van der Waals surface area (Å²) < 4.78 is 17.7. The summed E-state index contributed by atoms with van der Waals surface area (Å²) in [6.07, 6.45) is 76.2. The number of ether oxygens (including phenoxy) is 3. The van der Waals surface area contributed by atoms with Crippen LogP contribution in [-0.2, 0) is 23.8 Å². The first-order valence-electron chi connectivity index (χ1n) is 37.4. The van der Waals surface area contributed by atoms with Gasteiger partial charge in [-0.3, -0.25) is 9.59 Å². The molecule has 0 aromatic heterocycles. The summed E-state index contributed by atoms with van der Waals surface area (Å²) in [7, 11) is 0. The Morgan fingerprint density at radius 1 is 0.438 bits per heavy atom. The van der Waals surface area contributed by atoms with Gasteiger partial charge in [-0.05, 0) is 103 Å². The normalized spacial score (nSPS) is 18.6. The molecule has 0 saturated carbocycles. The van der Waals surface area contributed by atoms with Crippen molar-refractivity contribution in [1.82, 2.24) is 5.32 Å². The highest BCUT2D eigenvalue weighted by Gasteiger charge is 2.47. The molecule has 0 bridgehead atoms. The summed E-state index contributed by atoms with van der Waals surface area (Å²) in [5, 5.41) is 57.3.